The Morgan fingerprint density at radius 2 is 2.00 bits per heavy atom. The summed E-state index contributed by atoms with van der Waals surface area (Å²) in [7, 11) is 1.76. The molecule has 6 heteroatoms. The van der Waals surface area contributed by atoms with Crippen LogP contribution in [0.2, 0.25) is 0 Å². The van der Waals surface area contributed by atoms with Gasteiger partial charge in [-0.3, -0.25) is 9.48 Å². The van der Waals surface area contributed by atoms with Crippen LogP contribution in [0.3, 0.4) is 0 Å². The van der Waals surface area contributed by atoms with E-state index in [1.54, 1.807) is 42.1 Å². The average Bonchev–Trinajstić information content (AvgIpc) is 2.84. The van der Waals surface area contributed by atoms with Crippen molar-refractivity contribution < 1.29 is 14.3 Å². The number of nitrogens with one attached hydrogen (secondary N) is 1. The summed E-state index contributed by atoms with van der Waals surface area (Å²) >= 11 is 0. The molecule has 1 aromatic heterocycles. The molecule has 21 heavy (non-hydrogen) atoms. The molecule has 1 N–H and O–H groups in total. The maximum atomic E-state index is 11.7. The predicted octanol–water partition coefficient (Wildman–Crippen LogP) is 1.32. The molecule has 0 aliphatic carbocycles. The Labute approximate surface area is 122 Å². The number of rotatable bonds is 5. The Bertz CT molecular complexity index is 615. The minimum absolute atomic E-state index is 0.104. The quantitative estimate of drug-likeness (QED) is 0.665. The van der Waals surface area contributed by atoms with Crippen molar-refractivity contribution in [3.05, 3.63) is 53.3 Å². The number of benzene rings is 1. The summed E-state index contributed by atoms with van der Waals surface area (Å²) in [5, 5.41) is 6.71. The summed E-state index contributed by atoms with van der Waals surface area (Å²) in [6.45, 7) is 2.21. The maximum Gasteiger partial charge on any atom is 0.358 e. The van der Waals surface area contributed by atoms with Crippen molar-refractivity contribution >= 4 is 11.9 Å². The molecule has 0 aliphatic rings. The van der Waals surface area contributed by atoms with Crippen LogP contribution < -0.4 is 5.32 Å². The standard InChI is InChI=1S/C15H17N3O3/c1-11-10-13(17-18(11)2)15(20)21-9-8-16-14(19)12-6-4-3-5-7-12/h3-7,10H,8-9H2,1-2H3,(H,16,19). The van der Waals surface area contributed by atoms with E-state index < -0.39 is 5.97 Å². The first kappa shape index (κ1) is 14.8. The van der Waals surface area contributed by atoms with Gasteiger partial charge in [-0.2, -0.15) is 5.10 Å². The van der Waals surface area contributed by atoms with E-state index in [-0.39, 0.29) is 24.8 Å². The highest BCUT2D eigenvalue weighted by Crippen LogP contribution is 2.03. The smallest absolute Gasteiger partial charge is 0.358 e. The highest BCUT2D eigenvalue weighted by Gasteiger charge is 2.12. The third-order valence-electron chi connectivity index (χ3n) is 2.98. The summed E-state index contributed by atoms with van der Waals surface area (Å²) in [5.41, 5.74) is 1.72. The van der Waals surface area contributed by atoms with Crippen molar-refractivity contribution in [3.63, 3.8) is 0 Å². The van der Waals surface area contributed by atoms with E-state index in [1.165, 1.54) is 0 Å². The second-order valence-corrected chi connectivity index (χ2v) is 4.55. The summed E-state index contributed by atoms with van der Waals surface area (Å²) in [6, 6.07) is 10.5. The minimum atomic E-state index is -0.493. The molecule has 6 nitrogen and oxygen atoms in total. The van der Waals surface area contributed by atoms with Gasteiger partial charge in [-0.05, 0) is 25.1 Å². The molecule has 1 aromatic carbocycles. The van der Waals surface area contributed by atoms with Gasteiger partial charge in [0.25, 0.3) is 5.91 Å². The van der Waals surface area contributed by atoms with Crippen LogP contribution in [0.15, 0.2) is 36.4 Å². The Hall–Kier alpha value is -2.63. The van der Waals surface area contributed by atoms with E-state index in [4.69, 9.17) is 4.74 Å². The third kappa shape index (κ3) is 3.92. The number of esters is 1. The molecule has 0 fully saturated rings. The molecule has 1 heterocycles. The molecule has 0 saturated heterocycles. The van der Waals surface area contributed by atoms with Crippen LogP contribution in [0.25, 0.3) is 0 Å². The first-order valence-electron chi connectivity index (χ1n) is 6.59. The number of carbonyl (C=O) groups is 2. The summed E-state index contributed by atoms with van der Waals surface area (Å²) in [4.78, 5) is 23.5. The average molecular weight is 287 g/mol. The molecular formula is C15H17N3O3. The van der Waals surface area contributed by atoms with E-state index in [2.05, 4.69) is 10.4 Å². The van der Waals surface area contributed by atoms with Gasteiger partial charge in [-0.25, -0.2) is 4.79 Å². The monoisotopic (exact) mass is 287 g/mol. The number of carbonyl (C=O) groups excluding carboxylic acids is 2. The number of hydrogen-bond donors (Lipinski definition) is 1. The summed E-state index contributed by atoms with van der Waals surface area (Å²) in [6.07, 6.45) is 0. The van der Waals surface area contributed by atoms with Crippen LogP contribution >= 0.6 is 0 Å². The number of nitrogens with zero attached hydrogens (tertiary/aromatic N) is 2. The normalized spacial score (nSPS) is 10.2. The van der Waals surface area contributed by atoms with E-state index in [0.29, 0.717) is 5.56 Å². The zero-order valence-corrected chi connectivity index (χ0v) is 12.0. The highest BCUT2D eigenvalue weighted by atomic mass is 16.5. The van der Waals surface area contributed by atoms with E-state index in [9.17, 15) is 9.59 Å². The van der Waals surface area contributed by atoms with Crippen molar-refractivity contribution in [2.24, 2.45) is 7.05 Å². The Morgan fingerprint density at radius 1 is 1.29 bits per heavy atom. The molecule has 0 bridgehead atoms. The van der Waals surface area contributed by atoms with Gasteiger partial charge in [0.2, 0.25) is 0 Å². The topological polar surface area (TPSA) is 73.2 Å². The highest BCUT2D eigenvalue weighted by molar-refractivity contribution is 5.94. The van der Waals surface area contributed by atoms with Crippen LogP contribution in [0, 0.1) is 6.92 Å². The van der Waals surface area contributed by atoms with Crippen LogP contribution in [-0.2, 0) is 11.8 Å². The molecule has 0 aliphatic heterocycles. The van der Waals surface area contributed by atoms with E-state index in [1.807, 2.05) is 13.0 Å². The second kappa shape index (κ2) is 6.69. The third-order valence-corrected chi connectivity index (χ3v) is 2.98. The lowest BCUT2D eigenvalue weighted by Crippen LogP contribution is -2.28. The molecule has 0 spiro atoms. The molecular weight excluding hydrogens is 270 g/mol. The number of hydrogen-bond acceptors (Lipinski definition) is 4. The Morgan fingerprint density at radius 3 is 2.62 bits per heavy atom. The molecule has 0 radical (unpaired) electrons. The molecule has 0 atom stereocenters. The first-order valence-corrected chi connectivity index (χ1v) is 6.59. The van der Waals surface area contributed by atoms with Gasteiger partial charge in [0.1, 0.15) is 6.61 Å². The molecule has 0 saturated carbocycles. The number of aromatic nitrogens is 2. The van der Waals surface area contributed by atoms with Gasteiger partial charge in [0.15, 0.2) is 5.69 Å². The van der Waals surface area contributed by atoms with Crippen molar-refractivity contribution in [3.8, 4) is 0 Å². The number of amides is 1. The Balaban J connectivity index is 1.75. The van der Waals surface area contributed by atoms with Gasteiger partial charge in [0.05, 0.1) is 6.54 Å². The summed E-state index contributed by atoms with van der Waals surface area (Å²) < 4.78 is 6.66. The fourth-order valence-corrected chi connectivity index (χ4v) is 1.73. The number of aryl methyl sites for hydroxylation is 2. The van der Waals surface area contributed by atoms with E-state index in [0.717, 1.165) is 5.69 Å². The van der Waals surface area contributed by atoms with Crippen molar-refractivity contribution in [1.82, 2.24) is 15.1 Å². The van der Waals surface area contributed by atoms with Crippen LogP contribution in [-0.4, -0.2) is 34.8 Å². The predicted molar refractivity (Wildman–Crippen MR) is 77.0 cm³/mol. The fourth-order valence-electron chi connectivity index (χ4n) is 1.73. The van der Waals surface area contributed by atoms with Gasteiger partial charge in [0, 0.05) is 18.3 Å². The van der Waals surface area contributed by atoms with Gasteiger partial charge < -0.3 is 10.1 Å². The molecule has 110 valence electrons. The molecule has 2 aromatic rings. The van der Waals surface area contributed by atoms with Crippen LogP contribution in [0.1, 0.15) is 26.5 Å². The maximum absolute atomic E-state index is 11.7. The van der Waals surface area contributed by atoms with Crippen LogP contribution in [0.5, 0.6) is 0 Å². The lowest BCUT2D eigenvalue weighted by Gasteiger charge is -2.05. The van der Waals surface area contributed by atoms with Crippen molar-refractivity contribution in [2.75, 3.05) is 13.2 Å². The number of ether oxygens (including phenoxy) is 1. The second-order valence-electron chi connectivity index (χ2n) is 4.55. The largest absolute Gasteiger partial charge is 0.459 e. The lowest BCUT2D eigenvalue weighted by atomic mass is 10.2. The van der Waals surface area contributed by atoms with Gasteiger partial charge >= 0.3 is 5.97 Å². The van der Waals surface area contributed by atoms with Crippen LogP contribution in [0.4, 0.5) is 0 Å². The molecule has 0 unspecified atom stereocenters. The van der Waals surface area contributed by atoms with Gasteiger partial charge in [-0.1, -0.05) is 18.2 Å². The van der Waals surface area contributed by atoms with Crippen molar-refractivity contribution in [1.29, 1.82) is 0 Å². The lowest BCUT2D eigenvalue weighted by molar-refractivity contribution is 0.0495. The van der Waals surface area contributed by atoms with Crippen molar-refractivity contribution in [2.45, 2.75) is 6.92 Å². The van der Waals surface area contributed by atoms with E-state index >= 15 is 0 Å². The SMILES string of the molecule is Cc1cc(C(=O)OCCNC(=O)c2ccccc2)nn1C. The Kier molecular flexibility index (Phi) is 4.71. The summed E-state index contributed by atoms with van der Waals surface area (Å²) in [5.74, 6) is -0.687. The fraction of sp³-hybridized carbons (Fsp3) is 0.267. The van der Waals surface area contributed by atoms with Gasteiger partial charge in [-0.15, -0.1) is 0 Å². The zero-order chi connectivity index (χ0) is 15.2. The molecule has 1 amide bonds. The zero-order valence-electron chi connectivity index (χ0n) is 12.0. The molecule has 2 rings (SSSR count). The first-order chi connectivity index (χ1) is 10.1. The minimum Gasteiger partial charge on any atom is -0.459 e.